The number of nitrogens with two attached hydrogens (primary N) is 1. The summed E-state index contributed by atoms with van der Waals surface area (Å²) in [6.07, 6.45) is 0. The van der Waals surface area contributed by atoms with Crippen molar-refractivity contribution >= 4 is 0 Å². The Balaban J connectivity index is 2.04. The van der Waals surface area contributed by atoms with Crippen molar-refractivity contribution in [3.8, 4) is 5.75 Å². The molecule has 1 aromatic rings. The first-order valence-electron chi connectivity index (χ1n) is 7.29. The van der Waals surface area contributed by atoms with Gasteiger partial charge < -0.3 is 15.4 Å². The fraction of sp³-hybridized carbons (Fsp3) is 0.625. The summed E-state index contributed by atoms with van der Waals surface area (Å²) in [5.74, 6) is 1.62. The maximum Gasteiger partial charge on any atom is 0.123 e. The quantitative estimate of drug-likeness (QED) is 0.886. The maximum absolute atomic E-state index is 5.71. The molecule has 1 aliphatic heterocycles. The highest BCUT2D eigenvalue weighted by Crippen LogP contribution is 2.24. The van der Waals surface area contributed by atoms with E-state index in [1.165, 1.54) is 5.56 Å². The van der Waals surface area contributed by atoms with Crippen molar-refractivity contribution in [3.63, 3.8) is 0 Å². The Morgan fingerprint density at radius 2 is 2.10 bits per heavy atom. The number of likely N-dealkylation sites (N-methyl/N-ethyl adjacent to an activating group) is 1. The highest BCUT2D eigenvalue weighted by atomic mass is 16.5. The predicted molar refractivity (Wildman–Crippen MR) is 82.8 cm³/mol. The van der Waals surface area contributed by atoms with Crippen LogP contribution in [0.1, 0.15) is 18.1 Å². The molecular weight excluding hydrogens is 250 g/mol. The summed E-state index contributed by atoms with van der Waals surface area (Å²) in [7, 11) is 6.05. The zero-order valence-electron chi connectivity index (χ0n) is 13.1. The molecular formula is C16H27N3O. The highest BCUT2D eigenvalue weighted by molar-refractivity contribution is 5.37. The monoisotopic (exact) mass is 277 g/mol. The normalized spacial score (nSPS) is 23.5. The molecule has 0 spiro atoms. The molecule has 1 aromatic carbocycles. The number of hydrogen-bond donors (Lipinski definition) is 1. The molecule has 2 rings (SSSR count). The van der Waals surface area contributed by atoms with E-state index in [1.54, 1.807) is 7.11 Å². The summed E-state index contributed by atoms with van der Waals surface area (Å²) in [5, 5.41) is 0. The lowest BCUT2D eigenvalue weighted by Crippen LogP contribution is -2.34. The topological polar surface area (TPSA) is 41.7 Å². The van der Waals surface area contributed by atoms with Crippen molar-refractivity contribution in [1.29, 1.82) is 0 Å². The standard InChI is InChI=1S/C16H27N3O/c1-12-9-19(11-15(12)18(2)3)10-13-5-6-14(8-17)16(7-13)20-4/h5-7,12,15H,8-11,17H2,1-4H3. The van der Waals surface area contributed by atoms with Gasteiger partial charge in [-0.3, -0.25) is 4.90 Å². The second-order valence-corrected chi connectivity index (χ2v) is 6.05. The molecule has 1 fully saturated rings. The first kappa shape index (κ1) is 15.3. The average molecular weight is 277 g/mol. The highest BCUT2D eigenvalue weighted by Gasteiger charge is 2.30. The Labute approximate surface area is 122 Å². The first-order valence-corrected chi connectivity index (χ1v) is 7.29. The summed E-state index contributed by atoms with van der Waals surface area (Å²) >= 11 is 0. The third-order valence-electron chi connectivity index (χ3n) is 4.29. The second-order valence-electron chi connectivity index (χ2n) is 6.05. The van der Waals surface area contributed by atoms with Crippen LogP contribution in [0.2, 0.25) is 0 Å². The SMILES string of the molecule is COc1cc(CN2CC(C)C(N(C)C)C2)ccc1CN. The molecule has 2 atom stereocenters. The summed E-state index contributed by atoms with van der Waals surface area (Å²) in [6, 6.07) is 7.02. The molecule has 0 amide bonds. The van der Waals surface area contributed by atoms with Gasteiger partial charge in [-0.1, -0.05) is 19.1 Å². The van der Waals surface area contributed by atoms with Crippen LogP contribution < -0.4 is 10.5 Å². The van der Waals surface area contributed by atoms with Gasteiger partial charge in [-0.2, -0.15) is 0 Å². The minimum atomic E-state index is 0.521. The Kier molecular flexibility index (Phi) is 5.02. The van der Waals surface area contributed by atoms with Crippen molar-refractivity contribution in [2.45, 2.75) is 26.1 Å². The van der Waals surface area contributed by atoms with E-state index in [9.17, 15) is 0 Å². The van der Waals surface area contributed by atoms with Crippen LogP contribution in [0.25, 0.3) is 0 Å². The van der Waals surface area contributed by atoms with Crippen molar-refractivity contribution < 1.29 is 4.74 Å². The molecule has 1 aliphatic rings. The zero-order valence-corrected chi connectivity index (χ0v) is 13.1. The van der Waals surface area contributed by atoms with Crippen LogP contribution in [0.15, 0.2) is 18.2 Å². The van der Waals surface area contributed by atoms with Crippen LogP contribution in [0.5, 0.6) is 5.75 Å². The summed E-state index contributed by atoms with van der Waals surface area (Å²) < 4.78 is 5.42. The van der Waals surface area contributed by atoms with E-state index in [0.717, 1.165) is 36.9 Å². The Hall–Kier alpha value is -1.10. The fourth-order valence-corrected chi connectivity index (χ4v) is 3.16. The number of likely N-dealkylation sites (tertiary alicyclic amines) is 1. The van der Waals surface area contributed by atoms with Crippen molar-refractivity contribution in [3.05, 3.63) is 29.3 Å². The molecule has 4 nitrogen and oxygen atoms in total. The Morgan fingerprint density at radius 1 is 1.35 bits per heavy atom. The summed E-state index contributed by atoms with van der Waals surface area (Å²) in [6.45, 7) is 6.13. The van der Waals surface area contributed by atoms with E-state index in [-0.39, 0.29) is 0 Å². The summed E-state index contributed by atoms with van der Waals surface area (Å²) in [5.41, 5.74) is 8.08. The van der Waals surface area contributed by atoms with Crippen LogP contribution in [-0.2, 0) is 13.1 Å². The van der Waals surface area contributed by atoms with E-state index in [0.29, 0.717) is 12.6 Å². The van der Waals surface area contributed by atoms with Crippen molar-refractivity contribution in [1.82, 2.24) is 9.80 Å². The Morgan fingerprint density at radius 3 is 2.65 bits per heavy atom. The molecule has 1 heterocycles. The largest absolute Gasteiger partial charge is 0.496 e. The molecule has 112 valence electrons. The van der Waals surface area contributed by atoms with E-state index in [1.807, 2.05) is 0 Å². The van der Waals surface area contributed by atoms with E-state index in [4.69, 9.17) is 10.5 Å². The minimum Gasteiger partial charge on any atom is -0.496 e. The summed E-state index contributed by atoms with van der Waals surface area (Å²) in [4.78, 5) is 4.86. The van der Waals surface area contributed by atoms with Gasteiger partial charge in [0, 0.05) is 37.8 Å². The number of rotatable bonds is 5. The number of methoxy groups -OCH3 is 1. The molecule has 0 bridgehead atoms. The molecule has 2 unspecified atom stereocenters. The lowest BCUT2D eigenvalue weighted by atomic mass is 10.1. The van der Waals surface area contributed by atoms with Crippen LogP contribution >= 0.6 is 0 Å². The molecule has 0 aliphatic carbocycles. The third-order valence-corrected chi connectivity index (χ3v) is 4.29. The van der Waals surface area contributed by atoms with Crippen LogP contribution in [0.4, 0.5) is 0 Å². The van der Waals surface area contributed by atoms with Gasteiger partial charge >= 0.3 is 0 Å². The predicted octanol–water partition coefficient (Wildman–Crippen LogP) is 1.54. The maximum atomic E-state index is 5.71. The van der Waals surface area contributed by atoms with Gasteiger partial charge in [-0.05, 0) is 31.6 Å². The number of hydrogen-bond acceptors (Lipinski definition) is 4. The second kappa shape index (κ2) is 6.57. The van der Waals surface area contributed by atoms with Crippen LogP contribution in [-0.4, -0.2) is 50.1 Å². The molecule has 4 heteroatoms. The van der Waals surface area contributed by atoms with Gasteiger partial charge in [0.05, 0.1) is 7.11 Å². The van der Waals surface area contributed by atoms with E-state index >= 15 is 0 Å². The van der Waals surface area contributed by atoms with Gasteiger partial charge in [0.25, 0.3) is 0 Å². The fourth-order valence-electron chi connectivity index (χ4n) is 3.16. The van der Waals surface area contributed by atoms with Gasteiger partial charge in [0.15, 0.2) is 0 Å². The van der Waals surface area contributed by atoms with Gasteiger partial charge in [0.1, 0.15) is 5.75 Å². The molecule has 1 saturated heterocycles. The molecule has 2 N–H and O–H groups in total. The average Bonchev–Trinajstić information content (AvgIpc) is 2.79. The van der Waals surface area contributed by atoms with E-state index < -0.39 is 0 Å². The molecule has 0 saturated carbocycles. The third kappa shape index (κ3) is 3.32. The number of ether oxygens (including phenoxy) is 1. The van der Waals surface area contributed by atoms with Crippen molar-refractivity contribution in [2.24, 2.45) is 11.7 Å². The zero-order chi connectivity index (χ0) is 14.7. The number of nitrogens with zero attached hydrogens (tertiary/aromatic N) is 2. The minimum absolute atomic E-state index is 0.521. The van der Waals surface area contributed by atoms with Crippen LogP contribution in [0, 0.1) is 5.92 Å². The van der Waals surface area contributed by atoms with Crippen molar-refractivity contribution in [2.75, 3.05) is 34.3 Å². The Bertz CT molecular complexity index is 447. The molecule has 20 heavy (non-hydrogen) atoms. The molecule has 0 aromatic heterocycles. The van der Waals surface area contributed by atoms with Gasteiger partial charge in [-0.15, -0.1) is 0 Å². The molecule has 0 radical (unpaired) electrons. The lowest BCUT2D eigenvalue weighted by Gasteiger charge is -2.22. The van der Waals surface area contributed by atoms with Crippen LogP contribution in [0.3, 0.4) is 0 Å². The lowest BCUT2D eigenvalue weighted by molar-refractivity contribution is 0.250. The van der Waals surface area contributed by atoms with Gasteiger partial charge in [-0.25, -0.2) is 0 Å². The smallest absolute Gasteiger partial charge is 0.123 e. The van der Waals surface area contributed by atoms with E-state index in [2.05, 4.69) is 49.0 Å². The van der Waals surface area contributed by atoms with Gasteiger partial charge in [0.2, 0.25) is 0 Å². The number of benzene rings is 1. The first-order chi connectivity index (χ1) is 9.55.